The van der Waals surface area contributed by atoms with Crippen LogP contribution < -0.4 is 5.32 Å². The number of rotatable bonds is 2. The molecule has 2 heterocycles. The van der Waals surface area contributed by atoms with Gasteiger partial charge in [0.25, 0.3) is 0 Å². The van der Waals surface area contributed by atoms with Gasteiger partial charge in [0.1, 0.15) is 11.8 Å². The fourth-order valence-electron chi connectivity index (χ4n) is 2.45. The summed E-state index contributed by atoms with van der Waals surface area (Å²) in [6.07, 6.45) is 1.55. The third-order valence-electron chi connectivity index (χ3n) is 3.53. The fourth-order valence-corrected chi connectivity index (χ4v) is 2.45. The Bertz CT molecular complexity index is 942. The van der Waals surface area contributed by atoms with Gasteiger partial charge < -0.3 is 5.32 Å². The van der Waals surface area contributed by atoms with Crippen LogP contribution in [0.1, 0.15) is 5.69 Å². The quantitative estimate of drug-likeness (QED) is 0.587. The van der Waals surface area contributed by atoms with E-state index in [0.29, 0.717) is 5.82 Å². The molecule has 0 bridgehead atoms. The van der Waals surface area contributed by atoms with Crippen LogP contribution in [0.4, 0.5) is 11.5 Å². The first-order valence-electron chi connectivity index (χ1n) is 6.73. The monoisotopic (exact) mass is 275 g/mol. The molecular formula is C16H13N5. The molecular weight excluding hydrogens is 262 g/mol. The maximum atomic E-state index is 4.29. The number of nitrogens with zero attached hydrogens (tertiary/aromatic N) is 3. The van der Waals surface area contributed by atoms with Gasteiger partial charge in [0.2, 0.25) is 0 Å². The van der Waals surface area contributed by atoms with E-state index in [1.165, 1.54) is 10.8 Å². The Morgan fingerprint density at radius 2 is 1.81 bits per heavy atom. The normalized spacial score (nSPS) is 11.1. The molecule has 4 rings (SSSR count). The molecule has 0 saturated carbocycles. The molecule has 0 saturated heterocycles. The Balaban J connectivity index is 1.79. The van der Waals surface area contributed by atoms with Gasteiger partial charge in [0, 0.05) is 5.69 Å². The predicted octanol–water partition coefficient (Wildman–Crippen LogP) is 3.56. The van der Waals surface area contributed by atoms with Crippen LogP contribution in [-0.4, -0.2) is 20.2 Å². The molecule has 0 aliphatic rings. The molecule has 5 heteroatoms. The highest BCUT2D eigenvalue weighted by molar-refractivity contribution is 5.90. The first kappa shape index (κ1) is 11.8. The topological polar surface area (TPSA) is 66.5 Å². The molecule has 0 spiro atoms. The second-order valence-electron chi connectivity index (χ2n) is 4.96. The molecule has 21 heavy (non-hydrogen) atoms. The van der Waals surface area contributed by atoms with Crippen LogP contribution in [0.15, 0.2) is 48.8 Å². The van der Waals surface area contributed by atoms with Crippen LogP contribution in [0.2, 0.25) is 0 Å². The Morgan fingerprint density at radius 1 is 0.952 bits per heavy atom. The molecule has 2 N–H and O–H groups in total. The molecule has 0 unspecified atom stereocenters. The summed E-state index contributed by atoms with van der Waals surface area (Å²) in [5.41, 5.74) is 3.51. The van der Waals surface area contributed by atoms with Crippen molar-refractivity contribution in [2.24, 2.45) is 0 Å². The van der Waals surface area contributed by atoms with Gasteiger partial charge in [0.15, 0.2) is 11.3 Å². The highest BCUT2D eigenvalue weighted by Crippen LogP contribution is 2.25. The van der Waals surface area contributed by atoms with Crippen molar-refractivity contribution in [3.8, 4) is 0 Å². The molecule has 5 nitrogen and oxygen atoms in total. The number of hydrogen-bond donors (Lipinski definition) is 2. The summed E-state index contributed by atoms with van der Waals surface area (Å²) in [5, 5.41) is 12.9. The van der Waals surface area contributed by atoms with Crippen molar-refractivity contribution in [3.05, 3.63) is 54.5 Å². The molecule has 0 radical (unpaired) electrons. The third kappa shape index (κ3) is 1.99. The standard InChI is InChI=1S/C16H13N5/c1-10-14-15(21-20-10)16(18-9-17-14)19-13-7-6-11-4-2-3-5-12(11)8-13/h2-9H,1H3,(H,20,21)(H,17,18,19). The number of aromatic nitrogens is 4. The van der Waals surface area contributed by atoms with Gasteiger partial charge in [-0.3, -0.25) is 5.10 Å². The highest BCUT2D eigenvalue weighted by atomic mass is 15.2. The largest absolute Gasteiger partial charge is 0.338 e. The smallest absolute Gasteiger partial charge is 0.162 e. The highest BCUT2D eigenvalue weighted by Gasteiger charge is 2.09. The minimum Gasteiger partial charge on any atom is -0.338 e. The van der Waals surface area contributed by atoms with Crippen molar-refractivity contribution in [1.82, 2.24) is 20.2 Å². The second kappa shape index (κ2) is 4.56. The van der Waals surface area contributed by atoms with Gasteiger partial charge >= 0.3 is 0 Å². The predicted molar refractivity (Wildman–Crippen MR) is 83.7 cm³/mol. The maximum absolute atomic E-state index is 4.29. The van der Waals surface area contributed by atoms with Crippen molar-refractivity contribution in [1.29, 1.82) is 0 Å². The van der Waals surface area contributed by atoms with Crippen LogP contribution in [0.25, 0.3) is 21.8 Å². The van der Waals surface area contributed by atoms with Crippen LogP contribution in [0, 0.1) is 6.92 Å². The second-order valence-corrected chi connectivity index (χ2v) is 4.96. The molecule has 0 fully saturated rings. The van der Waals surface area contributed by atoms with Crippen molar-refractivity contribution in [3.63, 3.8) is 0 Å². The lowest BCUT2D eigenvalue weighted by atomic mass is 10.1. The Morgan fingerprint density at radius 3 is 2.71 bits per heavy atom. The number of aryl methyl sites for hydroxylation is 1. The number of fused-ring (bicyclic) bond motifs is 2. The SMILES string of the molecule is Cc1[nH]nc2c(Nc3ccc4ccccc4c3)ncnc12. The van der Waals surface area contributed by atoms with E-state index >= 15 is 0 Å². The lowest BCUT2D eigenvalue weighted by Gasteiger charge is -2.07. The summed E-state index contributed by atoms with van der Waals surface area (Å²) in [5.74, 6) is 0.708. The molecule has 2 aromatic heterocycles. The Kier molecular flexibility index (Phi) is 2.57. The number of aromatic amines is 1. The van der Waals surface area contributed by atoms with Crippen molar-refractivity contribution in [2.75, 3.05) is 5.32 Å². The summed E-state index contributed by atoms with van der Waals surface area (Å²) in [4.78, 5) is 8.54. The van der Waals surface area contributed by atoms with Gasteiger partial charge in [-0.1, -0.05) is 30.3 Å². The van der Waals surface area contributed by atoms with Gasteiger partial charge in [-0.05, 0) is 29.8 Å². The van der Waals surface area contributed by atoms with Crippen LogP contribution in [-0.2, 0) is 0 Å². The molecule has 4 aromatic rings. The molecule has 0 atom stereocenters. The number of nitrogens with one attached hydrogen (secondary N) is 2. The molecule has 0 amide bonds. The Hall–Kier alpha value is -2.95. The van der Waals surface area contributed by atoms with Gasteiger partial charge in [-0.25, -0.2) is 9.97 Å². The fraction of sp³-hybridized carbons (Fsp3) is 0.0625. The van der Waals surface area contributed by atoms with E-state index in [-0.39, 0.29) is 0 Å². The zero-order chi connectivity index (χ0) is 14.2. The van der Waals surface area contributed by atoms with E-state index in [0.717, 1.165) is 22.4 Å². The average Bonchev–Trinajstić information content (AvgIpc) is 2.90. The molecule has 102 valence electrons. The summed E-state index contributed by atoms with van der Waals surface area (Å²) in [6, 6.07) is 14.5. The average molecular weight is 275 g/mol. The summed E-state index contributed by atoms with van der Waals surface area (Å²) >= 11 is 0. The number of anilines is 2. The first-order chi connectivity index (χ1) is 10.3. The maximum Gasteiger partial charge on any atom is 0.162 e. The van der Waals surface area contributed by atoms with Crippen molar-refractivity contribution < 1.29 is 0 Å². The van der Waals surface area contributed by atoms with E-state index in [9.17, 15) is 0 Å². The van der Waals surface area contributed by atoms with Gasteiger partial charge in [-0.15, -0.1) is 0 Å². The van der Waals surface area contributed by atoms with E-state index in [4.69, 9.17) is 0 Å². The minimum absolute atomic E-state index is 0.708. The Labute approximate surface area is 121 Å². The van der Waals surface area contributed by atoms with Crippen molar-refractivity contribution in [2.45, 2.75) is 6.92 Å². The van der Waals surface area contributed by atoms with Crippen LogP contribution in [0.5, 0.6) is 0 Å². The first-order valence-corrected chi connectivity index (χ1v) is 6.73. The summed E-state index contributed by atoms with van der Waals surface area (Å²) in [6.45, 7) is 1.95. The van der Waals surface area contributed by atoms with E-state index in [2.05, 4.69) is 49.7 Å². The minimum atomic E-state index is 0.708. The lowest BCUT2D eigenvalue weighted by molar-refractivity contribution is 1.07. The lowest BCUT2D eigenvalue weighted by Crippen LogP contribution is -1.95. The van der Waals surface area contributed by atoms with E-state index < -0.39 is 0 Å². The van der Waals surface area contributed by atoms with Gasteiger partial charge in [-0.2, -0.15) is 5.10 Å². The molecule has 0 aliphatic carbocycles. The molecule has 2 aromatic carbocycles. The van der Waals surface area contributed by atoms with Crippen LogP contribution in [0.3, 0.4) is 0 Å². The van der Waals surface area contributed by atoms with Gasteiger partial charge in [0.05, 0.1) is 5.69 Å². The number of H-pyrrole nitrogens is 1. The zero-order valence-corrected chi connectivity index (χ0v) is 11.5. The summed E-state index contributed by atoms with van der Waals surface area (Å²) < 4.78 is 0. The third-order valence-corrected chi connectivity index (χ3v) is 3.53. The van der Waals surface area contributed by atoms with Crippen LogP contribution >= 0.6 is 0 Å². The summed E-state index contributed by atoms with van der Waals surface area (Å²) in [7, 11) is 0. The van der Waals surface area contributed by atoms with E-state index in [1.807, 2.05) is 25.1 Å². The number of benzene rings is 2. The van der Waals surface area contributed by atoms with Crippen molar-refractivity contribution >= 4 is 33.3 Å². The van der Waals surface area contributed by atoms with E-state index in [1.54, 1.807) is 6.33 Å². The zero-order valence-electron chi connectivity index (χ0n) is 11.5. The number of hydrogen-bond acceptors (Lipinski definition) is 4. The molecule has 0 aliphatic heterocycles.